The van der Waals surface area contributed by atoms with Gasteiger partial charge >= 0.3 is 17.9 Å². The lowest BCUT2D eigenvalue weighted by atomic mass is 9.87. The maximum absolute atomic E-state index is 11.4. The van der Waals surface area contributed by atoms with Crippen LogP contribution >= 0.6 is 0 Å². The topological polar surface area (TPSA) is 112 Å². The molecule has 21 heavy (non-hydrogen) atoms. The standard InChI is InChI=1S/C15H18O6/c1-3-5-8-9(6-4-2)12(15(20)21)11(14(18)19)7-10(8)13(16)17/h7H,3-6H2,1-2H3,(H,16,17)(H,18,19)(H,20,21). The molecule has 0 fully saturated rings. The normalized spacial score (nSPS) is 10.4. The lowest BCUT2D eigenvalue weighted by molar-refractivity contribution is 0.0647. The molecule has 0 saturated heterocycles. The van der Waals surface area contributed by atoms with Gasteiger partial charge in [-0.15, -0.1) is 0 Å². The van der Waals surface area contributed by atoms with E-state index in [4.69, 9.17) is 0 Å². The van der Waals surface area contributed by atoms with Gasteiger partial charge in [0.2, 0.25) is 0 Å². The average molecular weight is 294 g/mol. The van der Waals surface area contributed by atoms with E-state index in [1.54, 1.807) is 0 Å². The molecule has 0 saturated carbocycles. The summed E-state index contributed by atoms with van der Waals surface area (Å²) in [6.07, 6.45) is 1.97. The minimum absolute atomic E-state index is 0.122. The molecule has 0 aromatic heterocycles. The van der Waals surface area contributed by atoms with Crippen molar-refractivity contribution in [2.24, 2.45) is 0 Å². The van der Waals surface area contributed by atoms with E-state index in [-0.39, 0.29) is 11.1 Å². The summed E-state index contributed by atoms with van der Waals surface area (Å²) in [6.45, 7) is 3.68. The lowest BCUT2D eigenvalue weighted by Gasteiger charge is -2.17. The Balaban J connectivity index is 3.83. The number of carboxylic acids is 3. The quantitative estimate of drug-likeness (QED) is 0.712. The maximum Gasteiger partial charge on any atom is 0.336 e. The highest BCUT2D eigenvalue weighted by Gasteiger charge is 2.27. The summed E-state index contributed by atoms with van der Waals surface area (Å²) in [7, 11) is 0. The Morgan fingerprint density at radius 3 is 1.67 bits per heavy atom. The van der Waals surface area contributed by atoms with Gasteiger partial charge in [0, 0.05) is 0 Å². The summed E-state index contributed by atoms with van der Waals surface area (Å²) in [6, 6.07) is 0.957. The van der Waals surface area contributed by atoms with Gasteiger partial charge < -0.3 is 15.3 Å². The van der Waals surface area contributed by atoms with Crippen molar-refractivity contribution in [3.05, 3.63) is 33.9 Å². The Kier molecular flexibility index (Phi) is 5.46. The number of carboxylic acid groups (broad SMARTS) is 3. The highest BCUT2D eigenvalue weighted by Crippen LogP contribution is 2.27. The highest BCUT2D eigenvalue weighted by atomic mass is 16.4. The Bertz CT molecular complexity index is 588. The smallest absolute Gasteiger partial charge is 0.336 e. The molecule has 0 aliphatic carbocycles. The summed E-state index contributed by atoms with van der Waals surface area (Å²) in [4.78, 5) is 34.1. The monoisotopic (exact) mass is 294 g/mol. The predicted octanol–water partition coefficient (Wildman–Crippen LogP) is 2.69. The number of hydrogen-bond donors (Lipinski definition) is 3. The van der Waals surface area contributed by atoms with Crippen LogP contribution in [0.25, 0.3) is 0 Å². The van der Waals surface area contributed by atoms with Gasteiger partial charge in [0.05, 0.1) is 16.7 Å². The zero-order valence-corrected chi connectivity index (χ0v) is 12.0. The van der Waals surface area contributed by atoms with Gasteiger partial charge in [-0.2, -0.15) is 0 Å². The molecular formula is C15H18O6. The van der Waals surface area contributed by atoms with E-state index in [9.17, 15) is 29.7 Å². The highest BCUT2D eigenvalue weighted by molar-refractivity contribution is 6.05. The Hall–Kier alpha value is -2.37. The van der Waals surface area contributed by atoms with Gasteiger partial charge in [-0.3, -0.25) is 0 Å². The maximum atomic E-state index is 11.4. The molecule has 1 aromatic rings. The molecule has 1 rings (SSSR count). The zero-order chi connectivity index (χ0) is 16.2. The first-order valence-corrected chi connectivity index (χ1v) is 6.73. The van der Waals surface area contributed by atoms with E-state index in [0.717, 1.165) is 6.07 Å². The number of aromatic carboxylic acids is 3. The van der Waals surface area contributed by atoms with Crippen LogP contribution in [0.2, 0.25) is 0 Å². The fourth-order valence-corrected chi connectivity index (χ4v) is 2.44. The number of hydrogen-bond acceptors (Lipinski definition) is 3. The molecule has 0 aliphatic heterocycles. The third kappa shape index (κ3) is 3.39. The van der Waals surface area contributed by atoms with Crippen LogP contribution in [-0.2, 0) is 12.8 Å². The summed E-state index contributed by atoms with van der Waals surface area (Å²) in [5.74, 6) is -4.02. The van der Waals surface area contributed by atoms with Crippen LogP contribution in [0.15, 0.2) is 6.07 Å². The van der Waals surface area contributed by atoms with Crippen molar-refractivity contribution in [2.45, 2.75) is 39.5 Å². The van der Waals surface area contributed by atoms with Crippen molar-refractivity contribution in [3.63, 3.8) is 0 Å². The second kappa shape index (κ2) is 6.88. The molecule has 0 bridgehead atoms. The fourth-order valence-electron chi connectivity index (χ4n) is 2.44. The summed E-state index contributed by atoms with van der Waals surface area (Å²) in [5.41, 5.74) is -0.137. The van der Waals surface area contributed by atoms with Crippen molar-refractivity contribution >= 4 is 17.9 Å². The zero-order valence-electron chi connectivity index (χ0n) is 12.0. The van der Waals surface area contributed by atoms with Crippen LogP contribution in [0.5, 0.6) is 0 Å². The van der Waals surface area contributed by atoms with Crippen LogP contribution in [0.1, 0.15) is 68.9 Å². The summed E-state index contributed by atoms with van der Waals surface area (Å²) < 4.78 is 0. The van der Waals surface area contributed by atoms with E-state index in [1.165, 1.54) is 0 Å². The molecule has 0 spiro atoms. The second-order valence-corrected chi connectivity index (χ2v) is 4.72. The number of benzene rings is 1. The third-order valence-corrected chi connectivity index (χ3v) is 3.22. The van der Waals surface area contributed by atoms with Crippen molar-refractivity contribution < 1.29 is 29.7 Å². The van der Waals surface area contributed by atoms with E-state index in [0.29, 0.717) is 36.8 Å². The van der Waals surface area contributed by atoms with Crippen LogP contribution in [0.3, 0.4) is 0 Å². The molecule has 0 aliphatic rings. The van der Waals surface area contributed by atoms with E-state index in [1.807, 2.05) is 13.8 Å². The van der Waals surface area contributed by atoms with E-state index < -0.39 is 23.5 Å². The molecule has 0 radical (unpaired) electrons. The van der Waals surface area contributed by atoms with Gasteiger partial charge in [-0.1, -0.05) is 26.7 Å². The third-order valence-electron chi connectivity index (χ3n) is 3.22. The first-order chi connectivity index (χ1) is 9.84. The van der Waals surface area contributed by atoms with Gasteiger partial charge in [-0.05, 0) is 30.0 Å². The van der Waals surface area contributed by atoms with Gasteiger partial charge in [0.15, 0.2) is 0 Å². The second-order valence-electron chi connectivity index (χ2n) is 4.72. The molecule has 0 unspecified atom stereocenters. The van der Waals surface area contributed by atoms with Gasteiger partial charge in [0.25, 0.3) is 0 Å². The van der Waals surface area contributed by atoms with Crippen LogP contribution < -0.4 is 0 Å². The van der Waals surface area contributed by atoms with Gasteiger partial charge in [0.1, 0.15) is 0 Å². The Morgan fingerprint density at radius 2 is 1.29 bits per heavy atom. The molecule has 1 aromatic carbocycles. The SMILES string of the molecule is CCCc1c(C(=O)O)cc(C(=O)O)c(C(=O)O)c1CCC. The molecule has 6 heteroatoms. The minimum atomic E-state index is -1.43. The van der Waals surface area contributed by atoms with Crippen LogP contribution in [-0.4, -0.2) is 33.2 Å². The van der Waals surface area contributed by atoms with Crippen molar-refractivity contribution in [1.82, 2.24) is 0 Å². The average Bonchev–Trinajstić information content (AvgIpc) is 2.39. The van der Waals surface area contributed by atoms with E-state index in [2.05, 4.69) is 0 Å². The molecule has 6 nitrogen and oxygen atoms in total. The van der Waals surface area contributed by atoms with Crippen molar-refractivity contribution in [1.29, 1.82) is 0 Å². The lowest BCUT2D eigenvalue weighted by Crippen LogP contribution is -2.18. The summed E-state index contributed by atoms with van der Waals surface area (Å²) in [5, 5.41) is 27.8. The molecule has 0 amide bonds. The van der Waals surface area contributed by atoms with Crippen LogP contribution in [0, 0.1) is 0 Å². The molecular weight excluding hydrogens is 276 g/mol. The predicted molar refractivity (Wildman–Crippen MR) is 75.3 cm³/mol. The Morgan fingerprint density at radius 1 is 0.810 bits per heavy atom. The van der Waals surface area contributed by atoms with Crippen molar-refractivity contribution in [3.8, 4) is 0 Å². The van der Waals surface area contributed by atoms with Gasteiger partial charge in [-0.25, -0.2) is 14.4 Å². The molecule has 114 valence electrons. The molecule has 0 atom stereocenters. The summed E-state index contributed by atoms with van der Waals surface area (Å²) >= 11 is 0. The molecule has 3 N–H and O–H groups in total. The Labute approximate surface area is 122 Å². The number of rotatable bonds is 7. The first-order valence-electron chi connectivity index (χ1n) is 6.73. The largest absolute Gasteiger partial charge is 0.478 e. The number of carbonyl (C=O) groups is 3. The fraction of sp³-hybridized carbons (Fsp3) is 0.400. The first kappa shape index (κ1) is 16.7. The van der Waals surface area contributed by atoms with Crippen LogP contribution in [0.4, 0.5) is 0 Å². The molecule has 0 heterocycles. The minimum Gasteiger partial charge on any atom is -0.478 e. The van der Waals surface area contributed by atoms with E-state index >= 15 is 0 Å². The van der Waals surface area contributed by atoms with Crippen molar-refractivity contribution in [2.75, 3.05) is 0 Å².